The zero-order valence-electron chi connectivity index (χ0n) is 11.5. The van der Waals surface area contributed by atoms with Gasteiger partial charge in [-0.15, -0.1) is 12.4 Å². The highest BCUT2D eigenvalue weighted by molar-refractivity contribution is 5.85. The van der Waals surface area contributed by atoms with E-state index in [9.17, 15) is 4.79 Å². The van der Waals surface area contributed by atoms with Crippen LogP contribution in [0.1, 0.15) is 52.9 Å². The maximum Gasteiger partial charge on any atom is 0.239 e. The van der Waals surface area contributed by atoms with E-state index in [0.717, 1.165) is 19.3 Å². The molecule has 0 aromatic carbocycles. The molecule has 0 radical (unpaired) electrons. The van der Waals surface area contributed by atoms with Crippen LogP contribution in [0.4, 0.5) is 0 Å². The van der Waals surface area contributed by atoms with E-state index < -0.39 is 0 Å². The SMILES string of the molecule is CC[C@H](N)C(=O)N(C)C1CCC(C)(C)CC1.Cl. The van der Waals surface area contributed by atoms with E-state index in [0.29, 0.717) is 11.5 Å². The van der Waals surface area contributed by atoms with Gasteiger partial charge in [-0.3, -0.25) is 4.79 Å². The van der Waals surface area contributed by atoms with Crippen molar-refractivity contribution in [2.45, 2.75) is 65.0 Å². The number of hydrogen-bond acceptors (Lipinski definition) is 2. The van der Waals surface area contributed by atoms with Crippen LogP contribution >= 0.6 is 12.4 Å². The van der Waals surface area contributed by atoms with E-state index in [4.69, 9.17) is 5.73 Å². The van der Waals surface area contributed by atoms with E-state index in [2.05, 4.69) is 13.8 Å². The highest BCUT2D eigenvalue weighted by atomic mass is 35.5. The summed E-state index contributed by atoms with van der Waals surface area (Å²) in [5.74, 6) is 0.104. The molecule has 1 saturated carbocycles. The summed E-state index contributed by atoms with van der Waals surface area (Å²) in [6.07, 6.45) is 5.37. The van der Waals surface area contributed by atoms with E-state index in [1.165, 1.54) is 12.8 Å². The molecule has 0 aliphatic heterocycles. The van der Waals surface area contributed by atoms with Crippen LogP contribution in [0.3, 0.4) is 0 Å². The van der Waals surface area contributed by atoms with E-state index >= 15 is 0 Å². The van der Waals surface area contributed by atoms with Gasteiger partial charge in [0.25, 0.3) is 0 Å². The minimum Gasteiger partial charge on any atom is -0.341 e. The second-order valence-electron chi connectivity index (χ2n) is 5.86. The fourth-order valence-electron chi connectivity index (χ4n) is 2.39. The Hall–Kier alpha value is -0.280. The van der Waals surface area contributed by atoms with Gasteiger partial charge in [-0.05, 0) is 37.5 Å². The molecule has 0 heterocycles. The normalized spacial score (nSPS) is 21.5. The number of hydrogen-bond donors (Lipinski definition) is 1. The minimum absolute atomic E-state index is 0. The molecule has 0 spiro atoms. The van der Waals surface area contributed by atoms with Gasteiger partial charge in [-0.2, -0.15) is 0 Å². The molecule has 0 unspecified atom stereocenters. The van der Waals surface area contributed by atoms with Crippen LogP contribution in [0, 0.1) is 5.41 Å². The van der Waals surface area contributed by atoms with Crippen LogP contribution in [-0.4, -0.2) is 29.9 Å². The van der Waals surface area contributed by atoms with Crippen molar-refractivity contribution in [2.24, 2.45) is 11.1 Å². The number of nitrogens with zero attached hydrogens (tertiary/aromatic N) is 1. The lowest BCUT2D eigenvalue weighted by atomic mass is 9.75. The van der Waals surface area contributed by atoms with E-state index in [-0.39, 0.29) is 24.4 Å². The van der Waals surface area contributed by atoms with Gasteiger partial charge in [0, 0.05) is 13.1 Å². The van der Waals surface area contributed by atoms with Crippen molar-refractivity contribution in [3.8, 4) is 0 Å². The van der Waals surface area contributed by atoms with Crippen molar-refractivity contribution >= 4 is 18.3 Å². The predicted octanol–water partition coefficient (Wildman–Crippen LogP) is 2.57. The first-order chi connectivity index (χ1) is 7.37. The Labute approximate surface area is 112 Å². The van der Waals surface area contributed by atoms with Crippen molar-refractivity contribution < 1.29 is 4.79 Å². The summed E-state index contributed by atoms with van der Waals surface area (Å²) in [5, 5.41) is 0. The molecule has 3 nitrogen and oxygen atoms in total. The summed E-state index contributed by atoms with van der Waals surface area (Å²) in [6, 6.07) is 0.0815. The molecule has 0 aromatic heterocycles. The Morgan fingerprint density at radius 1 is 1.41 bits per heavy atom. The standard InChI is InChI=1S/C13H26N2O.ClH/c1-5-11(14)12(16)15(4)10-6-8-13(2,3)9-7-10;/h10-11H,5-9,14H2,1-4H3;1H/t11-;/m0./s1. The Kier molecular flexibility index (Phi) is 6.49. The maximum atomic E-state index is 11.9. The average Bonchev–Trinajstić information content (AvgIpc) is 2.26. The fourth-order valence-corrected chi connectivity index (χ4v) is 2.39. The third kappa shape index (κ3) is 4.47. The van der Waals surface area contributed by atoms with Gasteiger partial charge in [0.15, 0.2) is 0 Å². The Morgan fingerprint density at radius 2 is 1.88 bits per heavy atom. The van der Waals surface area contributed by atoms with Crippen LogP contribution in [0.15, 0.2) is 0 Å². The Bertz CT molecular complexity index is 246. The van der Waals surface area contributed by atoms with E-state index in [1.807, 2.05) is 18.9 Å². The molecule has 0 aromatic rings. The molecule has 0 bridgehead atoms. The average molecular weight is 263 g/mol. The quantitative estimate of drug-likeness (QED) is 0.850. The smallest absolute Gasteiger partial charge is 0.239 e. The summed E-state index contributed by atoms with van der Waals surface area (Å²) in [5.41, 5.74) is 6.24. The van der Waals surface area contributed by atoms with Gasteiger partial charge in [0.2, 0.25) is 5.91 Å². The summed E-state index contributed by atoms with van der Waals surface area (Å²) < 4.78 is 0. The summed E-state index contributed by atoms with van der Waals surface area (Å²) >= 11 is 0. The van der Waals surface area contributed by atoms with Crippen molar-refractivity contribution in [3.05, 3.63) is 0 Å². The fraction of sp³-hybridized carbons (Fsp3) is 0.923. The Balaban J connectivity index is 0.00000256. The second-order valence-corrected chi connectivity index (χ2v) is 5.86. The molecular weight excluding hydrogens is 236 g/mol. The highest BCUT2D eigenvalue weighted by Gasteiger charge is 2.31. The van der Waals surface area contributed by atoms with Gasteiger partial charge in [-0.1, -0.05) is 20.8 Å². The van der Waals surface area contributed by atoms with Gasteiger partial charge >= 0.3 is 0 Å². The third-order valence-corrected chi connectivity index (χ3v) is 3.96. The number of likely N-dealkylation sites (N-methyl/N-ethyl adjacent to an activating group) is 1. The number of carbonyl (C=O) groups excluding carboxylic acids is 1. The molecule has 1 atom stereocenters. The zero-order chi connectivity index (χ0) is 12.3. The molecule has 1 aliphatic rings. The topological polar surface area (TPSA) is 46.3 Å². The van der Waals surface area contributed by atoms with Gasteiger partial charge in [-0.25, -0.2) is 0 Å². The first kappa shape index (κ1) is 16.7. The molecule has 1 rings (SSSR count). The molecule has 0 saturated heterocycles. The summed E-state index contributed by atoms with van der Waals surface area (Å²) in [7, 11) is 1.90. The van der Waals surface area contributed by atoms with Crippen LogP contribution in [0.5, 0.6) is 0 Å². The molecule has 17 heavy (non-hydrogen) atoms. The first-order valence-electron chi connectivity index (χ1n) is 6.39. The number of rotatable bonds is 3. The minimum atomic E-state index is -0.320. The van der Waals surface area contributed by atoms with Gasteiger partial charge in [0.1, 0.15) is 0 Å². The Morgan fingerprint density at radius 3 is 2.29 bits per heavy atom. The number of carbonyl (C=O) groups is 1. The molecule has 102 valence electrons. The van der Waals surface area contributed by atoms with Crippen LogP contribution in [-0.2, 0) is 4.79 Å². The molecule has 4 heteroatoms. The lowest BCUT2D eigenvalue weighted by Crippen LogP contribution is -2.47. The molecule has 1 aliphatic carbocycles. The highest BCUT2D eigenvalue weighted by Crippen LogP contribution is 2.36. The molecular formula is C13H27ClN2O. The maximum absolute atomic E-state index is 11.9. The predicted molar refractivity (Wildman–Crippen MR) is 74.3 cm³/mol. The van der Waals surface area contributed by atoms with Gasteiger partial charge in [0.05, 0.1) is 6.04 Å². The molecule has 1 fully saturated rings. The molecule has 1 amide bonds. The lowest BCUT2D eigenvalue weighted by Gasteiger charge is -2.39. The first-order valence-corrected chi connectivity index (χ1v) is 6.39. The number of nitrogens with two attached hydrogens (primary N) is 1. The van der Waals surface area contributed by atoms with Crippen molar-refractivity contribution in [1.82, 2.24) is 4.90 Å². The summed E-state index contributed by atoms with van der Waals surface area (Å²) in [4.78, 5) is 13.8. The van der Waals surface area contributed by atoms with E-state index in [1.54, 1.807) is 0 Å². The zero-order valence-corrected chi connectivity index (χ0v) is 12.3. The number of halogens is 1. The largest absolute Gasteiger partial charge is 0.341 e. The number of amides is 1. The van der Waals surface area contributed by atoms with Crippen LogP contribution in [0.25, 0.3) is 0 Å². The van der Waals surface area contributed by atoms with Crippen LogP contribution < -0.4 is 5.73 Å². The van der Waals surface area contributed by atoms with Crippen LogP contribution in [0.2, 0.25) is 0 Å². The third-order valence-electron chi connectivity index (χ3n) is 3.96. The van der Waals surface area contributed by atoms with Crippen molar-refractivity contribution in [3.63, 3.8) is 0 Å². The monoisotopic (exact) mass is 262 g/mol. The summed E-state index contributed by atoms with van der Waals surface area (Å²) in [6.45, 7) is 6.58. The van der Waals surface area contributed by atoms with Crippen molar-refractivity contribution in [1.29, 1.82) is 0 Å². The van der Waals surface area contributed by atoms with Gasteiger partial charge < -0.3 is 10.6 Å². The molecule has 2 N–H and O–H groups in total. The second kappa shape index (κ2) is 6.60. The van der Waals surface area contributed by atoms with Crippen molar-refractivity contribution in [2.75, 3.05) is 7.05 Å². The lowest BCUT2D eigenvalue weighted by molar-refractivity contribution is -0.134.